The van der Waals surface area contributed by atoms with E-state index in [2.05, 4.69) is 22.5 Å². The molecule has 0 aliphatic carbocycles. The fraction of sp³-hybridized carbons (Fsp3) is 0.933. The third kappa shape index (κ3) is 5.72. The molecule has 0 radical (unpaired) electrons. The zero-order valence-corrected chi connectivity index (χ0v) is 16.8. The number of rotatable bonds is 5. The number of aliphatic imine (C=N–C) groups is 1. The average molecular weight is 443 g/mol. The van der Waals surface area contributed by atoms with Gasteiger partial charge in [0, 0.05) is 43.5 Å². The summed E-state index contributed by atoms with van der Waals surface area (Å²) >= 11 is 2.05. The third-order valence-electron chi connectivity index (χ3n) is 4.67. The highest BCUT2D eigenvalue weighted by atomic mass is 127. The quantitative estimate of drug-likeness (QED) is 0.344. The molecule has 22 heavy (non-hydrogen) atoms. The molecule has 2 aliphatic heterocycles. The zero-order valence-electron chi connectivity index (χ0n) is 13.7. The summed E-state index contributed by atoms with van der Waals surface area (Å²) in [7, 11) is 1.80. The van der Waals surface area contributed by atoms with Crippen molar-refractivity contribution < 1.29 is 9.84 Å². The molecule has 2 rings (SSSR count). The first kappa shape index (κ1) is 20.3. The molecule has 2 aliphatic rings. The van der Waals surface area contributed by atoms with E-state index in [0.717, 1.165) is 45.1 Å². The van der Waals surface area contributed by atoms with Crippen LogP contribution < -0.4 is 10.6 Å². The summed E-state index contributed by atoms with van der Waals surface area (Å²) in [6, 6.07) is 0. The Hall–Kier alpha value is 0.270. The Bertz CT molecular complexity index is 357. The number of ether oxygens (including phenoxy) is 1. The number of thioether (sulfide) groups is 1. The van der Waals surface area contributed by atoms with Gasteiger partial charge >= 0.3 is 0 Å². The van der Waals surface area contributed by atoms with Gasteiger partial charge in [0.1, 0.15) is 0 Å². The lowest BCUT2D eigenvalue weighted by Gasteiger charge is -2.36. The van der Waals surface area contributed by atoms with Crippen molar-refractivity contribution in [1.29, 1.82) is 0 Å². The Morgan fingerprint density at radius 2 is 1.91 bits per heavy atom. The van der Waals surface area contributed by atoms with E-state index in [1.165, 1.54) is 18.6 Å². The first-order valence-corrected chi connectivity index (χ1v) is 8.87. The predicted octanol–water partition coefficient (Wildman–Crippen LogP) is 1.84. The topological polar surface area (TPSA) is 65.9 Å². The molecule has 3 N–H and O–H groups in total. The van der Waals surface area contributed by atoms with Crippen LogP contribution in [0.25, 0.3) is 0 Å². The molecular formula is C15H30IN3O2S. The van der Waals surface area contributed by atoms with Crippen LogP contribution in [0.5, 0.6) is 0 Å². The Labute approximate surface area is 155 Å². The molecule has 1 unspecified atom stereocenters. The van der Waals surface area contributed by atoms with Crippen LogP contribution in [0, 0.1) is 5.41 Å². The molecule has 0 aromatic heterocycles. The minimum atomic E-state index is -0.0676. The largest absolute Gasteiger partial charge is 0.396 e. The van der Waals surface area contributed by atoms with Gasteiger partial charge in [-0.25, -0.2) is 0 Å². The summed E-state index contributed by atoms with van der Waals surface area (Å²) in [6.45, 7) is 5.68. The normalized spacial score (nSPS) is 28.0. The summed E-state index contributed by atoms with van der Waals surface area (Å²) in [5.74, 6) is 2.10. The average Bonchev–Trinajstić information content (AvgIpc) is 2.95. The summed E-state index contributed by atoms with van der Waals surface area (Å²) in [6.07, 6.45) is 4.38. The molecule has 2 heterocycles. The smallest absolute Gasteiger partial charge is 0.191 e. The van der Waals surface area contributed by atoms with Crippen molar-refractivity contribution in [2.75, 3.05) is 45.7 Å². The second-order valence-electron chi connectivity index (χ2n) is 6.45. The minimum Gasteiger partial charge on any atom is -0.396 e. The maximum absolute atomic E-state index is 9.71. The Morgan fingerprint density at radius 3 is 2.45 bits per heavy atom. The highest BCUT2D eigenvalue weighted by Crippen LogP contribution is 2.36. The van der Waals surface area contributed by atoms with Crippen molar-refractivity contribution in [3.8, 4) is 0 Å². The molecule has 0 saturated carbocycles. The van der Waals surface area contributed by atoms with Crippen LogP contribution in [0.1, 0.15) is 32.6 Å². The Balaban J connectivity index is 0.00000242. The molecule has 2 fully saturated rings. The van der Waals surface area contributed by atoms with E-state index in [1.807, 2.05) is 11.8 Å². The molecule has 0 amide bonds. The van der Waals surface area contributed by atoms with Gasteiger partial charge in [0.05, 0.1) is 6.61 Å². The van der Waals surface area contributed by atoms with Crippen LogP contribution in [0.15, 0.2) is 4.99 Å². The monoisotopic (exact) mass is 443 g/mol. The lowest BCUT2D eigenvalue weighted by molar-refractivity contribution is -0.0131. The van der Waals surface area contributed by atoms with Gasteiger partial charge < -0.3 is 20.5 Å². The molecule has 2 saturated heterocycles. The van der Waals surface area contributed by atoms with E-state index in [1.54, 1.807) is 7.05 Å². The Kier molecular flexibility index (Phi) is 8.81. The second-order valence-corrected chi connectivity index (χ2v) is 8.13. The third-order valence-corrected chi connectivity index (χ3v) is 6.21. The van der Waals surface area contributed by atoms with Gasteiger partial charge in [-0.05, 0) is 38.4 Å². The van der Waals surface area contributed by atoms with Crippen molar-refractivity contribution in [3.05, 3.63) is 0 Å². The Morgan fingerprint density at radius 1 is 1.23 bits per heavy atom. The SMILES string of the molecule is CN=C(NCC1(CO)CCOCC1)NCC1(C)CCCS1.I. The maximum atomic E-state index is 9.71. The number of aliphatic hydroxyl groups is 1. The summed E-state index contributed by atoms with van der Waals surface area (Å²) in [4.78, 5) is 4.30. The van der Waals surface area contributed by atoms with Crippen molar-refractivity contribution in [2.45, 2.75) is 37.4 Å². The lowest BCUT2D eigenvalue weighted by Crippen LogP contribution is -2.49. The molecule has 0 aromatic carbocycles. The molecule has 130 valence electrons. The standard InChI is InChI=1S/C15H29N3O2S.HI/c1-14(4-3-9-21-14)10-17-13(16-2)18-11-15(12-19)5-7-20-8-6-15;/h19H,3-12H2,1-2H3,(H2,16,17,18);1H. The summed E-state index contributed by atoms with van der Waals surface area (Å²) < 4.78 is 5.72. The van der Waals surface area contributed by atoms with Gasteiger partial charge in [-0.2, -0.15) is 11.8 Å². The van der Waals surface area contributed by atoms with Gasteiger partial charge in [0.15, 0.2) is 5.96 Å². The number of nitrogens with one attached hydrogen (secondary N) is 2. The van der Waals surface area contributed by atoms with Gasteiger partial charge in [-0.3, -0.25) is 4.99 Å². The van der Waals surface area contributed by atoms with Crippen LogP contribution in [-0.4, -0.2) is 61.5 Å². The predicted molar refractivity (Wildman–Crippen MR) is 104 cm³/mol. The fourth-order valence-electron chi connectivity index (χ4n) is 2.93. The van der Waals surface area contributed by atoms with E-state index in [4.69, 9.17) is 4.74 Å². The molecule has 7 heteroatoms. The summed E-state index contributed by atoms with van der Waals surface area (Å²) in [5.41, 5.74) is -0.0676. The molecular weight excluding hydrogens is 413 g/mol. The van der Waals surface area contributed by atoms with Crippen LogP contribution in [0.4, 0.5) is 0 Å². The molecule has 0 bridgehead atoms. The van der Waals surface area contributed by atoms with E-state index >= 15 is 0 Å². The molecule has 1 atom stereocenters. The van der Waals surface area contributed by atoms with Gasteiger partial charge in [0.2, 0.25) is 0 Å². The van der Waals surface area contributed by atoms with E-state index in [-0.39, 0.29) is 36.0 Å². The number of hydrogen-bond acceptors (Lipinski definition) is 4. The number of hydrogen-bond donors (Lipinski definition) is 3. The molecule has 0 spiro atoms. The second kappa shape index (κ2) is 9.54. The van der Waals surface area contributed by atoms with Gasteiger partial charge in [-0.1, -0.05) is 0 Å². The van der Waals surface area contributed by atoms with Crippen molar-refractivity contribution in [3.63, 3.8) is 0 Å². The van der Waals surface area contributed by atoms with Crippen LogP contribution in [0.2, 0.25) is 0 Å². The number of halogens is 1. The van der Waals surface area contributed by atoms with Crippen molar-refractivity contribution in [1.82, 2.24) is 10.6 Å². The first-order chi connectivity index (χ1) is 10.1. The first-order valence-electron chi connectivity index (χ1n) is 7.89. The van der Waals surface area contributed by atoms with E-state index in [9.17, 15) is 5.11 Å². The number of guanidine groups is 1. The zero-order chi connectivity index (χ0) is 15.2. The van der Waals surface area contributed by atoms with Crippen molar-refractivity contribution in [2.24, 2.45) is 10.4 Å². The molecule has 0 aromatic rings. The van der Waals surface area contributed by atoms with E-state index < -0.39 is 0 Å². The number of nitrogens with zero attached hydrogens (tertiary/aromatic N) is 1. The fourth-order valence-corrected chi connectivity index (χ4v) is 4.18. The van der Waals surface area contributed by atoms with Crippen LogP contribution in [0.3, 0.4) is 0 Å². The van der Waals surface area contributed by atoms with Gasteiger partial charge in [-0.15, -0.1) is 24.0 Å². The van der Waals surface area contributed by atoms with Crippen molar-refractivity contribution >= 4 is 41.7 Å². The maximum Gasteiger partial charge on any atom is 0.191 e. The van der Waals surface area contributed by atoms with Crippen LogP contribution in [-0.2, 0) is 4.74 Å². The lowest BCUT2D eigenvalue weighted by atomic mass is 9.81. The van der Waals surface area contributed by atoms with Gasteiger partial charge in [0.25, 0.3) is 0 Å². The number of aliphatic hydroxyl groups excluding tert-OH is 1. The summed E-state index contributed by atoms with van der Waals surface area (Å²) in [5, 5.41) is 16.5. The highest BCUT2D eigenvalue weighted by Gasteiger charge is 2.33. The minimum absolute atomic E-state index is 0. The highest BCUT2D eigenvalue weighted by molar-refractivity contribution is 14.0. The van der Waals surface area contributed by atoms with Crippen LogP contribution >= 0.6 is 35.7 Å². The van der Waals surface area contributed by atoms with E-state index in [0.29, 0.717) is 4.75 Å². The molecule has 5 nitrogen and oxygen atoms in total.